The molecule has 1 aromatic carbocycles. The van der Waals surface area contributed by atoms with Crippen LogP contribution in [-0.4, -0.2) is 64.4 Å². The summed E-state index contributed by atoms with van der Waals surface area (Å²) in [5.74, 6) is 0.728. The molecule has 7 nitrogen and oxygen atoms in total. The molecule has 8 heteroatoms. The number of hydrogen-bond acceptors (Lipinski definition) is 4. The number of likely N-dealkylation sites (N-methyl/N-ethyl adjacent to an activating group) is 1. The highest BCUT2D eigenvalue weighted by Gasteiger charge is 2.58. The van der Waals surface area contributed by atoms with Gasteiger partial charge in [-0.25, -0.2) is 5.43 Å². The highest BCUT2D eigenvalue weighted by atomic mass is 35.5. The van der Waals surface area contributed by atoms with Crippen LogP contribution < -0.4 is 10.9 Å². The molecule has 2 amide bonds. The lowest BCUT2D eigenvalue weighted by molar-refractivity contribution is -0.134. The van der Waals surface area contributed by atoms with Crippen molar-refractivity contribution in [2.75, 3.05) is 20.1 Å². The summed E-state index contributed by atoms with van der Waals surface area (Å²) in [6.45, 7) is 1.27. The molecule has 3 atom stereocenters. The van der Waals surface area contributed by atoms with Gasteiger partial charge in [-0.1, -0.05) is 56.2 Å². The van der Waals surface area contributed by atoms with Crippen molar-refractivity contribution in [1.29, 1.82) is 0 Å². The highest BCUT2D eigenvalue weighted by Crippen LogP contribution is 2.45. The Morgan fingerprint density at radius 1 is 1.03 bits per heavy atom. The Morgan fingerprint density at radius 2 is 1.76 bits per heavy atom. The van der Waals surface area contributed by atoms with Crippen LogP contribution in [0.1, 0.15) is 81.1 Å². The van der Waals surface area contributed by atoms with Gasteiger partial charge >= 0.3 is 0 Å². The van der Waals surface area contributed by atoms with Crippen molar-refractivity contribution in [2.24, 2.45) is 11.8 Å². The highest BCUT2D eigenvalue weighted by molar-refractivity contribution is 6.31. The van der Waals surface area contributed by atoms with E-state index >= 15 is 0 Å². The number of likely N-dealkylation sites (tertiary alicyclic amines) is 1. The zero-order chi connectivity index (χ0) is 25.6. The van der Waals surface area contributed by atoms with Gasteiger partial charge in [0.15, 0.2) is 0 Å². The fourth-order valence-corrected chi connectivity index (χ4v) is 7.46. The number of amides is 2. The lowest BCUT2D eigenvalue weighted by Crippen LogP contribution is -2.62. The molecule has 3 N–H and O–H groups in total. The van der Waals surface area contributed by atoms with E-state index in [-0.39, 0.29) is 29.3 Å². The van der Waals surface area contributed by atoms with Crippen LogP contribution in [0.2, 0.25) is 5.02 Å². The van der Waals surface area contributed by atoms with Crippen LogP contribution in [0, 0.1) is 11.8 Å². The summed E-state index contributed by atoms with van der Waals surface area (Å²) >= 11 is 6.17. The van der Waals surface area contributed by atoms with Crippen LogP contribution in [0.3, 0.4) is 0 Å². The number of hydrogen-bond donors (Lipinski definition) is 3. The summed E-state index contributed by atoms with van der Waals surface area (Å²) in [6, 6.07) is 7.63. The second-order valence-corrected chi connectivity index (χ2v) is 12.3. The predicted molar refractivity (Wildman–Crippen MR) is 146 cm³/mol. The molecule has 200 valence electrons. The molecule has 2 aliphatic heterocycles. The van der Waals surface area contributed by atoms with E-state index in [0.717, 1.165) is 30.2 Å². The number of nitrogens with one attached hydrogen (secondary N) is 3. The van der Waals surface area contributed by atoms with Gasteiger partial charge in [0.1, 0.15) is 11.7 Å². The van der Waals surface area contributed by atoms with E-state index in [1.54, 1.807) is 0 Å². The third-order valence-electron chi connectivity index (χ3n) is 9.63. The molecule has 0 bridgehead atoms. The molecule has 2 saturated carbocycles. The Morgan fingerprint density at radius 3 is 2.49 bits per heavy atom. The number of H-pyrrole nitrogens is 1. The first kappa shape index (κ1) is 25.2. The van der Waals surface area contributed by atoms with Gasteiger partial charge in [0.05, 0.1) is 0 Å². The minimum absolute atomic E-state index is 0.00374. The van der Waals surface area contributed by atoms with E-state index in [1.165, 1.54) is 51.4 Å². The van der Waals surface area contributed by atoms with Crippen LogP contribution in [0.4, 0.5) is 0 Å². The average molecular weight is 526 g/mol. The third kappa shape index (κ3) is 4.79. The number of benzene rings is 1. The summed E-state index contributed by atoms with van der Waals surface area (Å²) < 4.78 is 0. The molecule has 4 fully saturated rings. The minimum atomic E-state index is -0.310. The maximum atomic E-state index is 13.7. The number of piperidine rings is 1. The number of nitrogens with zero attached hydrogens (tertiary/aromatic N) is 2. The van der Waals surface area contributed by atoms with E-state index in [0.29, 0.717) is 35.8 Å². The number of hydrazine groups is 1. The SMILES string of the molecule is CN(C(=O)C1NNC2(C3CCCCCCCC3)CCN(C(=O)c3cc4ccc(Cl)cc4[nH]3)CC12)C1CC1. The van der Waals surface area contributed by atoms with Gasteiger partial charge in [0.25, 0.3) is 5.91 Å². The van der Waals surface area contributed by atoms with E-state index in [1.807, 2.05) is 41.1 Å². The Labute approximate surface area is 224 Å². The first-order chi connectivity index (χ1) is 18.0. The quantitative estimate of drug-likeness (QED) is 0.532. The number of aromatic amines is 1. The fourth-order valence-electron chi connectivity index (χ4n) is 7.29. The number of aromatic nitrogens is 1. The molecule has 37 heavy (non-hydrogen) atoms. The van der Waals surface area contributed by atoms with Crippen LogP contribution in [0.5, 0.6) is 0 Å². The van der Waals surface area contributed by atoms with Gasteiger partial charge in [0, 0.05) is 53.6 Å². The number of halogens is 1. The molecular formula is C29H40ClN5O2. The van der Waals surface area contributed by atoms with E-state index in [4.69, 9.17) is 11.6 Å². The molecule has 4 aliphatic rings. The molecule has 0 spiro atoms. The first-order valence-electron chi connectivity index (χ1n) is 14.3. The lowest BCUT2D eigenvalue weighted by Gasteiger charge is -2.49. The summed E-state index contributed by atoms with van der Waals surface area (Å²) in [5.41, 5.74) is 8.51. The van der Waals surface area contributed by atoms with E-state index < -0.39 is 0 Å². The molecule has 3 heterocycles. The molecule has 0 radical (unpaired) electrons. The van der Waals surface area contributed by atoms with Crippen molar-refractivity contribution < 1.29 is 9.59 Å². The van der Waals surface area contributed by atoms with Crippen LogP contribution >= 0.6 is 11.6 Å². The van der Waals surface area contributed by atoms with Crippen molar-refractivity contribution in [3.8, 4) is 0 Å². The summed E-state index contributed by atoms with van der Waals surface area (Å²) in [4.78, 5) is 34.6. The Balaban J connectivity index is 1.28. The predicted octanol–water partition coefficient (Wildman–Crippen LogP) is 4.87. The lowest BCUT2D eigenvalue weighted by atomic mass is 9.65. The van der Waals surface area contributed by atoms with Crippen molar-refractivity contribution in [2.45, 2.75) is 88.3 Å². The van der Waals surface area contributed by atoms with Gasteiger partial charge in [-0.15, -0.1) is 0 Å². The fraction of sp³-hybridized carbons (Fsp3) is 0.655. The molecule has 3 unspecified atom stereocenters. The number of carbonyl (C=O) groups is 2. The van der Waals surface area contributed by atoms with E-state index in [2.05, 4.69) is 15.8 Å². The maximum Gasteiger partial charge on any atom is 0.270 e. The average Bonchev–Trinajstić information content (AvgIpc) is 3.51. The van der Waals surface area contributed by atoms with Gasteiger partial charge in [-0.3, -0.25) is 15.0 Å². The van der Waals surface area contributed by atoms with Gasteiger partial charge < -0.3 is 14.8 Å². The maximum absolute atomic E-state index is 13.7. The van der Waals surface area contributed by atoms with Crippen molar-refractivity contribution in [3.63, 3.8) is 0 Å². The van der Waals surface area contributed by atoms with Crippen LogP contribution in [0.25, 0.3) is 10.9 Å². The van der Waals surface area contributed by atoms with Crippen molar-refractivity contribution >= 4 is 34.3 Å². The summed E-state index contributed by atoms with van der Waals surface area (Å²) in [5, 5.41) is 1.63. The number of fused-ring (bicyclic) bond motifs is 2. The topological polar surface area (TPSA) is 80.5 Å². The smallest absolute Gasteiger partial charge is 0.270 e. The third-order valence-corrected chi connectivity index (χ3v) is 9.87. The molecule has 6 rings (SSSR count). The second-order valence-electron chi connectivity index (χ2n) is 11.9. The Hall–Kier alpha value is -2.09. The minimum Gasteiger partial charge on any atom is -0.350 e. The Bertz CT molecular complexity index is 1150. The molecule has 1 aromatic heterocycles. The van der Waals surface area contributed by atoms with Crippen LogP contribution in [-0.2, 0) is 4.79 Å². The number of carbonyl (C=O) groups excluding carboxylic acids is 2. The van der Waals surface area contributed by atoms with Crippen molar-refractivity contribution in [1.82, 2.24) is 25.6 Å². The molecule has 2 aliphatic carbocycles. The largest absolute Gasteiger partial charge is 0.350 e. The van der Waals surface area contributed by atoms with E-state index in [9.17, 15) is 9.59 Å². The molecule has 2 saturated heterocycles. The first-order valence-corrected chi connectivity index (χ1v) is 14.7. The van der Waals surface area contributed by atoms with Gasteiger partial charge in [-0.2, -0.15) is 0 Å². The van der Waals surface area contributed by atoms with Crippen molar-refractivity contribution in [3.05, 3.63) is 35.0 Å². The van der Waals surface area contributed by atoms with Gasteiger partial charge in [0.2, 0.25) is 5.91 Å². The van der Waals surface area contributed by atoms with Gasteiger partial charge in [-0.05, 0) is 56.2 Å². The second kappa shape index (κ2) is 10.2. The zero-order valence-corrected chi connectivity index (χ0v) is 22.7. The monoisotopic (exact) mass is 525 g/mol. The summed E-state index contributed by atoms with van der Waals surface area (Å²) in [7, 11) is 1.95. The molecular weight excluding hydrogens is 486 g/mol. The van der Waals surface area contributed by atoms with Crippen LogP contribution in [0.15, 0.2) is 24.3 Å². The standard InChI is InChI=1S/C29H40ClN5O2/c1-34(22-12-13-22)28(37)26-23-18-35(27(36)25-16-19-10-11-21(30)17-24(19)31-25)15-14-29(23,33-32-26)20-8-6-4-2-3-5-7-9-20/h10-11,16-17,20,22-23,26,31-33H,2-9,12-15,18H2,1H3. The number of rotatable bonds is 4. The summed E-state index contributed by atoms with van der Waals surface area (Å²) in [6.07, 6.45) is 13.2. The Kier molecular flexibility index (Phi) is 6.97. The zero-order valence-electron chi connectivity index (χ0n) is 21.9. The normalized spacial score (nSPS) is 29.4. The molecule has 2 aromatic rings.